The van der Waals surface area contributed by atoms with E-state index in [1.165, 1.54) is 40.4 Å². The Hall–Kier alpha value is -3.96. The number of hydrogen-bond acceptors (Lipinski definition) is 22. The van der Waals surface area contributed by atoms with E-state index >= 15 is 9.59 Å². The molecule has 1 amide bonds. The van der Waals surface area contributed by atoms with Crippen molar-refractivity contribution in [3.63, 3.8) is 0 Å². The number of benzene rings is 1. The van der Waals surface area contributed by atoms with Crippen LogP contribution in [0.4, 0.5) is 4.79 Å². The molecule has 5 aliphatic rings. The molecule has 4 N–H and O–H groups in total. The average Bonchev–Trinajstić information content (AvgIpc) is 2.67. The lowest BCUT2D eigenvalue weighted by atomic mass is 9.74. The van der Waals surface area contributed by atoms with Gasteiger partial charge in [-0.1, -0.05) is 71.8 Å². The van der Waals surface area contributed by atoms with Crippen molar-refractivity contribution in [2.45, 2.75) is 250 Å². The lowest BCUT2D eigenvalue weighted by Gasteiger charge is -2.45. The number of cyclic esters (lactones) is 1. The number of aliphatic hydroxyl groups is 2. The van der Waals surface area contributed by atoms with Crippen molar-refractivity contribution in [2.75, 3.05) is 47.6 Å². The molecule has 0 spiro atoms. The molecule has 1 saturated carbocycles. The Labute approximate surface area is 528 Å². The van der Waals surface area contributed by atoms with Gasteiger partial charge in [0.25, 0.3) is 0 Å². The van der Waals surface area contributed by atoms with Gasteiger partial charge in [0, 0.05) is 76.9 Å². The van der Waals surface area contributed by atoms with Crippen LogP contribution in [0.15, 0.2) is 40.4 Å². The first-order valence-corrected chi connectivity index (χ1v) is 33.4. The summed E-state index contributed by atoms with van der Waals surface area (Å²) >= 11 is 0. The summed E-state index contributed by atoms with van der Waals surface area (Å²) in [5, 5.41) is 29.9. The van der Waals surface area contributed by atoms with Crippen LogP contribution in [0.5, 0.6) is 0 Å². The molecule has 4 aliphatic heterocycles. The van der Waals surface area contributed by atoms with Crippen LogP contribution in [0, 0.1) is 47.3 Å². The maximum Gasteiger partial charge on any atom is 0.408 e. The normalized spacial score (nSPS) is 37.6. The number of alkyl carbamates (subject to hydrolysis) is 1. The van der Waals surface area contributed by atoms with Crippen molar-refractivity contribution in [2.24, 2.45) is 52.5 Å². The molecule has 4 heterocycles. The fraction of sp³-hybridized carbons (Fsp3) is 0.828. The predicted molar refractivity (Wildman–Crippen MR) is 327 cm³/mol. The Morgan fingerprint density at radius 2 is 1.49 bits per heavy atom. The number of esters is 2. The third kappa shape index (κ3) is 19.8. The standard InChI is InChI=1S/C64H106N4O20S/c1-34(2)26-48(69)84-54-41(9)53(36(4)32-80-61-57(78-17)56(77-16)50(70)44(12)83-61)86-59(73)43(11)55(85-49-27-37(5)68(30-39(7)81-49)31-45-24-25-45)40(8)52(87-60-51(71)47(67-79-18)28-38(6)82-60)35(3)29-64(15,58(72)42(54)10)88-62(74)66-63(13,14)33-65-89(75,76)46-22-20-19-21-23-46/h19-23,34-45,49-57,60-61,65,70-71H,24-33H2,1-18H3,(H,66,74)/b67-47+/t35-,36-,37+,38+,39-,40+,41-,42+,43+,44+,49-,50+,51+,52-,53+,54+,55-,56+,57+,60-,61+,64-/m0/s1. The van der Waals surface area contributed by atoms with Crippen LogP contribution in [0.3, 0.4) is 0 Å². The molecule has 0 aromatic heterocycles. The summed E-state index contributed by atoms with van der Waals surface area (Å²) in [4.78, 5) is 68.2. The quantitative estimate of drug-likeness (QED) is 0.0544. The number of ether oxygens (including phenoxy) is 11. The molecule has 24 nitrogen and oxygen atoms in total. The van der Waals surface area contributed by atoms with Crippen molar-refractivity contribution in [3.8, 4) is 0 Å². The van der Waals surface area contributed by atoms with E-state index in [-0.39, 0.29) is 61.1 Å². The molecule has 0 radical (unpaired) electrons. The third-order valence-corrected chi connectivity index (χ3v) is 19.5. The number of ketones is 1. The van der Waals surface area contributed by atoms with Gasteiger partial charge in [-0.2, -0.15) is 0 Å². The van der Waals surface area contributed by atoms with Gasteiger partial charge in [-0.15, -0.1) is 0 Å². The van der Waals surface area contributed by atoms with Gasteiger partial charge < -0.3 is 72.5 Å². The Bertz CT molecular complexity index is 2600. The molecule has 25 heteroatoms. The molecule has 5 fully saturated rings. The minimum absolute atomic E-state index is 0.0155. The molecule has 508 valence electrons. The van der Waals surface area contributed by atoms with E-state index in [4.69, 9.17) is 56.9 Å². The number of rotatable bonds is 22. The molecule has 1 aromatic rings. The van der Waals surface area contributed by atoms with Crippen LogP contribution in [-0.2, 0) is 81.3 Å². The monoisotopic (exact) mass is 1280 g/mol. The van der Waals surface area contributed by atoms with Gasteiger partial charge in [0.2, 0.25) is 10.0 Å². The lowest BCUT2D eigenvalue weighted by Crippen LogP contribution is -2.59. The highest BCUT2D eigenvalue weighted by atomic mass is 32.2. The highest BCUT2D eigenvalue weighted by molar-refractivity contribution is 7.89. The fourth-order valence-corrected chi connectivity index (χ4v) is 14.3. The number of methoxy groups -OCH3 is 2. The number of sulfonamides is 1. The van der Waals surface area contributed by atoms with E-state index in [2.05, 4.69) is 27.0 Å². The first kappa shape index (κ1) is 74.1. The van der Waals surface area contributed by atoms with Crippen LogP contribution >= 0.6 is 0 Å². The predicted octanol–water partition coefficient (Wildman–Crippen LogP) is 6.54. The second-order valence-corrected chi connectivity index (χ2v) is 29.0. The van der Waals surface area contributed by atoms with Gasteiger partial charge in [-0.25, -0.2) is 17.9 Å². The Morgan fingerprint density at radius 3 is 2.11 bits per heavy atom. The van der Waals surface area contributed by atoms with E-state index in [1.54, 1.807) is 80.5 Å². The summed E-state index contributed by atoms with van der Waals surface area (Å²) in [5.41, 5.74) is -3.18. The summed E-state index contributed by atoms with van der Waals surface area (Å²) in [6.07, 6.45) is -12.2. The Morgan fingerprint density at radius 1 is 0.831 bits per heavy atom. The van der Waals surface area contributed by atoms with E-state index in [0.29, 0.717) is 18.9 Å². The highest BCUT2D eigenvalue weighted by Gasteiger charge is 2.53. The van der Waals surface area contributed by atoms with Crippen LogP contribution in [-0.4, -0.2) is 204 Å². The highest BCUT2D eigenvalue weighted by Crippen LogP contribution is 2.41. The van der Waals surface area contributed by atoms with Gasteiger partial charge in [0.1, 0.15) is 43.7 Å². The number of aliphatic hydroxyl groups excluding tert-OH is 2. The zero-order chi connectivity index (χ0) is 66.0. The topological polar surface area (TPSA) is 293 Å². The lowest BCUT2D eigenvalue weighted by molar-refractivity contribution is -0.305. The maximum atomic E-state index is 16.1. The van der Waals surface area contributed by atoms with Gasteiger partial charge in [0.15, 0.2) is 30.3 Å². The second-order valence-electron chi connectivity index (χ2n) is 27.3. The zero-order valence-electron chi connectivity index (χ0n) is 55.8. The van der Waals surface area contributed by atoms with Crippen LogP contribution in [0.25, 0.3) is 0 Å². The van der Waals surface area contributed by atoms with E-state index in [0.717, 1.165) is 19.4 Å². The summed E-state index contributed by atoms with van der Waals surface area (Å²) < 4.78 is 100. The molecule has 1 aliphatic carbocycles. The zero-order valence-corrected chi connectivity index (χ0v) is 56.6. The number of amides is 1. The average molecular weight is 1280 g/mol. The molecular formula is C64H106N4O20S. The number of carbonyl (C=O) groups is 4. The number of hydrogen-bond donors (Lipinski definition) is 4. The van der Waals surface area contributed by atoms with Crippen molar-refractivity contribution in [1.82, 2.24) is 14.9 Å². The van der Waals surface area contributed by atoms with E-state index < -0.39 is 160 Å². The van der Waals surface area contributed by atoms with Crippen molar-refractivity contribution in [1.29, 1.82) is 0 Å². The third-order valence-electron chi connectivity index (χ3n) is 18.1. The second kappa shape index (κ2) is 32.3. The minimum atomic E-state index is -4.03. The first-order chi connectivity index (χ1) is 41.7. The first-order valence-electron chi connectivity index (χ1n) is 31.9. The molecule has 4 saturated heterocycles. The van der Waals surface area contributed by atoms with Gasteiger partial charge >= 0.3 is 18.0 Å². The number of Topliss-reactive ketones (excluding diaryl/α,β-unsaturated/α-hetero) is 1. The summed E-state index contributed by atoms with van der Waals surface area (Å²) in [6, 6.07) is 7.77. The van der Waals surface area contributed by atoms with Gasteiger partial charge in [0.05, 0.1) is 65.1 Å². The van der Waals surface area contributed by atoms with Crippen molar-refractivity contribution in [3.05, 3.63) is 30.3 Å². The maximum absolute atomic E-state index is 16.1. The molecule has 22 atom stereocenters. The van der Waals surface area contributed by atoms with Crippen LogP contribution < -0.4 is 10.0 Å². The van der Waals surface area contributed by atoms with Crippen molar-refractivity contribution < 1.29 is 94.8 Å². The smallest absolute Gasteiger partial charge is 0.408 e. The van der Waals surface area contributed by atoms with E-state index in [1.807, 2.05) is 27.7 Å². The molecule has 1 aromatic carbocycles. The molecule has 0 bridgehead atoms. The summed E-state index contributed by atoms with van der Waals surface area (Å²) in [5.74, 6) is -7.45. The van der Waals surface area contributed by atoms with Crippen LogP contribution in [0.1, 0.15) is 142 Å². The van der Waals surface area contributed by atoms with Crippen molar-refractivity contribution >= 4 is 39.6 Å². The SMILES string of the molecule is CO/N=C1\C[C@@H](C)O[C@@H](O[C@@H]2[C@@H](C)[C@H](O[C@H]3C[C@@H](C)N(CC4CC4)C[C@H](C)O3)[C@@H](C)C(=O)O[C@H]([C@@H](C)CO[C@@H]3O[C@H](C)[C@@H](O)[C@@H](OC)[C@H]3OC)[C@H](C)[C@@H](OC(=O)CC(C)C)[C@@H](C)C(=O)[C@@](C)(OC(=O)NC(C)(C)CNS(=O)(=O)c3ccccc3)C[C@@H]2C)[C@@H]1O. The van der Waals surface area contributed by atoms with Crippen LogP contribution in [0.2, 0.25) is 0 Å². The minimum Gasteiger partial charge on any atom is -0.461 e. The number of nitrogens with one attached hydrogen (secondary N) is 2. The molecular weight excluding hydrogens is 1180 g/mol. The molecule has 0 unspecified atom stereocenters. The number of nitrogens with zero attached hydrogens (tertiary/aromatic N) is 2. The Kier molecular flexibility index (Phi) is 26.8. The summed E-state index contributed by atoms with van der Waals surface area (Å²) in [7, 11) is 0.220. The molecule has 6 rings (SSSR count). The van der Waals surface area contributed by atoms with Gasteiger partial charge in [-0.3, -0.25) is 19.3 Å². The summed E-state index contributed by atoms with van der Waals surface area (Å²) in [6.45, 7) is 27.5. The largest absolute Gasteiger partial charge is 0.461 e. The van der Waals surface area contributed by atoms with E-state index in [9.17, 15) is 28.2 Å². The molecule has 89 heavy (non-hydrogen) atoms. The fourth-order valence-electron chi connectivity index (χ4n) is 13.0. The number of oxime groups is 1. The van der Waals surface area contributed by atoms with Gasteiger partial charge in [-0.05, 0) is 105 Å². The number of carbonyl (C=O) groups excluding carboxylic acids is 4. The Balaban J connectivity index is 1.50.